The summed E-state index contributed by atoms with van der Waals surface area (Å²) in [5, 5.41) is 8.01. The Balaban J connectivity index is 1.33. The molecule has 0 bridgehead atoms. The Hall–Kier alpha value is -2.51. The molecule has 178 valence electrons. The van der Waals surface area contributed by atoms with Crippen molar-refractivity contribution in [3.63, 3.8) is 0 Å². The number of nitrogens with one attached hydrogen (secondary N) is 1. The van der Waals surface area contributed by atoms with Crippen molar-refractivity contribution in [3.8, 4) is 11.1 Å². The van der Waals surface area contributed by atoms with Gasteiger partial charge in [0.15, 0.2) is 0 Å². The second-order valence-electron chi connectivity index (χ2n) is 8.93. The molecule has 4 nitrogen and oxygen atoms in total. The van der Waals surface area contributed by atoms with Crippen LogP contribution in [0.5, 0.6) is 0 Å². The number of aromatic nitrogens is 2. The van der Waals surface area contributed by atoms with Gasteiger partial charge >= 0.3 is 6.18 Å². The van der Waals surface area contributed by atoms with Crippen LogP contribution in [0.1, 0.15) is 47.7 Å². The van der Waals surface area contributed by atoms with Crippen LogP contribution in [0.25, 0.3) is 11.1 Å². The second kappa shape index (κ2) is 8.93. The molecule has 0 spiro atoms. The lowest BCUT2D eigenvalue weighted by Crippen LogP contribution is -2.34. The van der Waals surface area contributed by atoms with Crippen molar-refractivity contribution in [3.05, 3.63) is 75.0 Å². The minimum Gasteiger partial charge on any atom is -0.335 e. The minimum absolute atomic E-state index is 0.0491. The number of benzene rings is 2. The van der Waals surface area contributed by atoms with Crippen molar-refractivity contribution in [1.29, 1.82) is 0 Å². The fourth-order valence-electron chi connectivity index (χ4n) is 5.09. The molecule has 2 aliphatic rings. The number of hydrogen-bond acceptors (Lipinski definition) is 2. The van der Waals surface area contributed by atoms with Gasteiger partial charge in [0.25, 0.3) is 0 Å². The highest BCUT2D eigenvalue weighted by atomic mass is 35.5. The predicted octanol–water partition coefficient (Wildman–Crippen LogP) is 6.87. The Bertz CT molecular complexity index is 1200. The number of aromatic amines is 1. The number of hydrogen-bond donors (Lipinski definition) is 1. The lowest BCUT2D eigenvalue weighted by atomic mass is 9.91. The van der Waals surface area contributed by atoms with Crippen LogP contribution in [0.2, 0.25) is 10.0 Å². The van der Waals surface area contributed by atoms with Gasteiger partial charge in [0.05, 0.1) is 17.8 Å². The number of aryl methyl sites for hydroxylation is 1. The summed E-state index contributed by atoms with van der Waals surface area (Å²) in [6, 6.07) is 8.31. The van der Waals surface area contributed by atoms with E-state index in [0.29, 0.717) is 39.7 Å². The molecule has 1 amide bonds. The van der Waals surface area contributed by atoms with Crippen LogP contribution >= 0.6 is 23.2 Å². The highest BCUT2D eigenvalue weighted by Crippen LogP contribution is 2.40. The van der Waals surface area contributed by atoms with E-state index < -0.39 is 11.7 Å². The average Bonchev–Trinajstić information content (AvgIpc) is 3.42. The normalized spacial score (nSPS) is 20.6. The third kappa shape index (κ3) is 4.31. The maximum Gasteiger partial charge on any atom is 0.416 e. The second-order valence-corrected chi connectivity index (χ2v) is 9.74. The molecule has 0 saturated carbocycles. The van der Waals surface area contributed by atoms with Crippen LogP contribution in [0.4, 0.5) is 13.2 Å². The highest BCUT2D eigenvalue weighted by Gasteiger charge is 2.39. The molecule has 1 aliphatic carbocycles. The molecule has 1 saturated heterocycles. The van der Waals surface area contributed by atoms with E-state index in [1.807, 2.05) is 11.1 Å². The van der Waals surface area contributed by atoms with E-state index in [-0.39, 0.29) is 17.9 Å². The molecule has 2 aromatic carbocycles. The summed E-state index contributed by atoms with van der Waals surface area (Å²) in [4.78, 5) is 15.2. The Kier molecular flexibility index (Phi) is 6.10. The van der Waals surface area contributed by atoms with Crippen molar-refractivity contribution >= 4 is 29.1 Å². The SMILES string of the molecule is O=C1[C@H](Cc2c(Cl)cc(-c3ccc(C(F)(F)F)cc3)cc2Cl)CCN1[C@@H]1CCCc2[nH]ncc21. The smallest absolute Gasteiger partial charge is 0.335 e. The fourth-order valence-corrected chi connectivity index (χ4v) is 5.73. The minimum atomic E-state index is -4.39. The van der Waals surface area contributed by atoms with Gasteiger partial charge in [0.1, 0.15) is 0 Å². The van der Waals surface area contributed by atoms with Crippen molar-refractivity contribution < 1.29 is 18.0 Å². The Morgan fingerprint density at radius 3 is 2.44 bits per heavy atom. The van der Waals surface area contributed by atoms with E-state index in [0.717, 1.165) is 49.1 Å². The number of halogens is 5. The highest BCUT2D eigenvalue weighted by molar-refractivity contribution is 6.36. The van der Waals surface area contributed by atoms with Crippen LogP contribution in [0, 0.1) is 5.92 Å². The van der Waals surface area contributed by atoms with Crippen molar-refractivity contribution in [2.75, 3.05) is 6.54 Å². The van der Waals surface area contributed by atoms with Crippen LogP contribution in [-0.2, 0) is 23.8 Å². The van der Waals surface area contributed by atoms with Gasteiger partial charge in [-0.2, -0.15) is 18.3 Å². The summed E-state index contributed by atoms with van der Waals surface area (Å²) in [5.41, 5.74) is 3.40. The zero-order valence-corrected chi connectivity index (χ0v) is 19.6. The summed E-state index contributed by atoms with van der Waals surface area (Å²) in [6.07, 6.45) is 1.46. The first kappa shape index (κ1) is 23.2. The third-order valence-corrected chi connectivity index (χ3v) is 7.55. The standard InChI is InChI=1S/C25H22Cl2F3N3O/c26-20-11-16(14-4-6-17(7-5-14)25(28,29)30)12-21(27)18(20)10-15-8-9-33(24(15)34)23-3-1-2-22-19(23)13-31-32-22/h4-7,11-13,15,23H,1-3,8-10H2,(H,31,32)/t15-,23+/m0/s1. The largest absolute Gasteiger partial charge is 0.416 e. The maximum absolute atomic E-state index is 13.3. The van der Waals surface area contributed by atoms with Crippen molar-refractivity contribution in [2.45, 2.75) is 44.3 Å². The molecule has 1 N–H and O–H groups in total. The fraction of sp³-hybridized carbons (Fsp3) is 0.360. The van der Waals surface area contributed by atoms with Gasteiger partial charge in [0.2, 0.25) is 5.91 Å². The monoisotopic (exact) mass is 507 g/mol. The van der Waals surface area contributed by atoms with Crippen molar-refractivity contribution in [1.82, 2.24) is 15.1 Å². The Labute approximate surface area is 205 Å². The van der Waals surface area contributed by atoms with Gasteiger partial charge in [-0.05, 0) is 73.1 Å². The number of rotatable bonds is 4. The van der Waals surface area contributed by atoms with Crippen LogP contribution < -0.4 is 0 Å². The topological polar surface area (TPSA) is 49.0 Å². The zero-order chi connectivity index (χ0) is 24.0. The number of likely N-dealkylation sites (tertiary alicyclic amines) is 1. The van der Waals surface area contributed by atoms with E-state index >= 15 is 0 Å². The molecular formula is C25H22Cl2F3N3O. The van der Waals surface area contributed by atoms with Gasteiger partial charge in [-0.3, -0.25) is 9.89 Å². The summed E-state index contributed by atoms with van der Waals surface area (Å²) < 4.78 is 38.6. The lowest BCUT2D eigenvalue weighted by molar-refractivity contribution is -0.137. The first-order chi connectivity index (χ1) is 16.2. The first-order valence-electron chi connectivity index (χ1n) is 11.2. The molecule has 0 unspecified atom stereocenters. The summed E-state index contributed by atoms with van der Waals surface area (Å²) in [5.74, 6) is -0.123. The van der Waals surface area contributed by atoms with Gasteiger partial charge in [-0.1, -0.05) is 35.3 Å². The maximum atomic E-state index is 13.3. The molecule has 0 radical (unpaired) electrons. The number of fused-ring (bicyclic) bond motifs is 1. The van der Waals surface area contributed by atoms with Gasteiger partial charge < -0.3 is 4.90 Å². The quantitative estimate of drug-likeness (QED) is 0.418. The van der Waals surface area contributed by atoms with Crippen LogP contribution in [0.3, 0.4) is 0 Å². The molecule has 5 rings (SSSR count). The number of H-pyrrole nitrogens is 1. The van der Waals surface area contributed by atoms with E-state index in [2.05, 4.69) is 10.2 Å². The number of alkyl halides is 3. The first-order valence-corrected chi connectivity index (χ1v) is 12.0. The molecular weight excluding hydrogens is 486 g/mol. The van der Waals surface area contributed by atoms with E-state index in [4.69, 9.17) is 23.2 Å². The number of nitrogens with zero attached hydrogens (tertiary/aromatic N) is 2. The van der Waals surface area contributed by atoms with Crippen LogP contribution in [0.15, 0.2) is 42.6 Å². The van der Waals surface area contributed by atoms with Gasteiger partial charge in [-0.25, -0.2) is 0 Å². The molecule has 3 aromatic rings. The molecule has 34 heavy (non-hydrogen) atoms. The zero-order valence-electron chi connectivity index (χ0n) is 18.1. The predicted molar refractivity (Wildman–Crippen MR) is 125 cm³/mol. The molecule has 2 heterocycles. The number of carbonyl (C=O) groups is 1. The molecule has 1 fully saturated rings. The third-order valence-electron chi connectivity index (χ3n) is 6.88. The average molecular weight is 508 g/mol. The molecule has 1 aliphatic heterocycles. The number of amides is 1. The van der Waals surface area contributed by atoms with Crippen molar-refractivity contribution in [2.24, 2.45) is 5.92 Å². The lowest BCUT2D eigenvalue weighted by Gasteiger charge is -2.31. The van der Waals surface area contributed by atoms with E-state index in [1.54, 1.807) is 12.1 Å². The Morgan fingerprint density at radius 1 is 1.06 bits per heavy atom. The van der Waals surface area contributed by atoms with E-state index in [1.165, 1.54) is 12.1 Å². The van der Waals surface area contributed by atoms with Crippen LogP contribution in [-0.4, -0.2) is 27.5 Å². The van der Waals surface area contributed by atoms with Gasteiger partial charge in [0, 0.05) is 33.8 Å². The summed E-state index contributed by atoms with van der Waals surface area (Å²) in [6.45, 7) is 0.678. The molecule has 9 heteroatoms. The number of carbonyl (C=O) groups excluding carboxylic acids is 1. The Morgan fingerprint density at radius 2 is 1.76 bits per heavy atom. The molecule has 1 aromatic heterocycles. The summed E-state index contributed by atoms with van der Waals surface area (Å²) in [7, 11) is 0. The summed E-state index contributed by atoms with van der Waals surface area (Å²) >= 11 is 13.1. The molecule has 2 atom stereocenters. The van der Waals surface area contributed by atoms with Gasteiger partial charge in [-0.15, -0.1) is 0 Å². The van der Waals surface area contributed by atoms with E-state index in [9.17, 15) is 18.0 Å².